The minimum atomic E-state index is -3.79. The maximum Gasteiger partial charge on any atom is 0.245 e. The fourth-order valence-electron chi connectivity index (χ4n) is 2.29. The Hall–Kier alpha value is -2.15. The van der Waals surface area contributed by atoms with E-state index in [4.69, 9.17) is 16.0 Å². The minimum absolute atomic E-state index is 0.0714. The Morgan fingerprint density at radius 3 is 2.54 bits per heavy atom. The predicted octanol–water partition coefficient (Wildman–Crippen LogP) is 3.72. The van der Waals surface area contributed by atoms with E-state index in [1.54, 1.807) is 48.8 Å². The van der Waals surface area contributed by atoms with Crippen LogP contribution in [0.3, 0.4) is 0 Å². The number of hydrogen-bond acceptors (Lipinski definition) is 4. The summed E-state index contributed by atoms with van der Waals surface area (Å²) < 4.78 is 32.8. The van der Waals surface area contributed by atoms with Gasteiger partial charge in [0.05, 0.1) is 17.8 Å². The topological polar surface area (TPSA) is 63.4 Å². The quantitative estimate of drug-likeness (QED) is 0.670. The average Bonchev–Trinajstić information content (AvgIpc) is 3.08. The molecule has 5 nitrogen and oxygen atoms in total. The van der Waals surface area contributed by atoms with Crippen LogP contribution in [0.25, 0.3) is 0 Å². The number of furan rings is 1. The summed E-state index contributed by atoms with van der Waals surface area (Å²) in [7, 11) is -3.79. The van der Waals surface area contributed by atoms with E-state index in [1.165, 1.54) is 16.6 Å². The standard InChI is InChI=1S/C17H15ClN2O3S/c18-16-7-1-2-8-17(16)24(21,22)20(13-15-6-4-10-23-15)12-14-5-3-9-19-11-14/h1-11H,12-13H2. The Balaban J connectivity index is 1.98. The average molecular weight is 363 g/mol. The Morgan fingerprint density at radius 2 is 1.88 bits per heavy atom. The number of pyridine rings is 1. The van der Waals surface area contributed by atoms with E-state index in [9.17, 15) is 8.42 Å². The molecule has 2 aromatic heterocycles. The minimum Gasteiger partial charge on any atom is -0.468 e. The molecule has 0 bridgehead atoms. The van der Waals surface area contributed by atoms with Gasteiger partial charge in [0.15, 0.2) is 0 Å². The summed E-state index contributed by atoms with van der Waals surface area (Å²) in [6.45, 7) is 0.275. The van der Waals surface area contributed by atoms with E-state index < -0.39 is 10.0 Å². The third-order valence-corrected chi connectivity index (χ3v) is 5.74. The van der Waals surface area contributed by atoms with Gasteiger partial charge >= 0.3 is 0 Å². The molecule has 1 aromatic carbocycles. The number of halogens is 1. The maximum absolute atomic E-state index is 13.1. The molecule has 0 aliphatic carbocycles. The van der Waals surface area contributed by atoms with E-state index >= 15 is 0 Å². The summed E-state index contributed by atoms with van der Waals surface area (Å²) in [5.74, 6) is 0.550. The summed E-state index contributed by atoms with van der Waals surface area (Å²) in [6.07, 6.45) is 4.79. The third-order valence-electron chi connectivity index (χ3n) is 3.45. The number of hydrogen-bond donors (Lipinski definition) is 0. The molecule has 24 heavy (non-hydrogen) atoms. The van der Waals surface area contributed by atoms with Crippen molar-refractivity contribution in [2.45, 2.75) is 18.0 Å². The van der Waals surface area contributed by atoms with Gasteiger partial charge in [-0.3, -0.25) is 4.98 Å². The van der Waals surface area contributed by atoms with Gasteiger partial charge in [0.2, 0.25) is 10.0 Å². The van der Waals surface area contributed by atoms with Gasteiger partial charge in [0, 0.05) is 18.9 Å². The van der Waals surface area contributed by atoms with Crippen LogP contribution in [-0.4, -0.2) is 17.7 Å². The maximum atomic E-state index is 13.1. The highest BCUT2D eigenvalue weighted by atomic mass is 35.5. The number of aromatic nitrogens is 1. The smallest absolute Gasteiger partial charge is 0.245 e. The van der Waals surface area contributed by atoms with Crippen LogP contribution in [0.2, 0.25) is 5.02 Å². The first-order valence-electron chi connectivity index (χ1n) is 7.23. The summed E-state index contributed by atoms with van der Waals surface area (Å²) in [5.41, 5.74) is 0.777. The van der Waals surface area contributed by atoms with E-state index in [0.29, 0.717) is 5.76 Å². The lowest BCUT2D eigenvalue weighted by atomic mass is 10.3. The number of nitrogens with zero attached hydrogens (tertiary/aromatic N) is 2. The molecular weight excluding hydrogens is 348 g/mol. The zero-order valence-corrected chi connectivity index (χ0v) is 14.2. The van der Waals surface area contributed by atoms with Crippen molar-refractivity contribution in [3.05, 3.63) is 83.5 Å². The Kier molecular flexibility index (Phi) is 4.99. The lowest BCUT2D eigenvalue weighted by molar-refractivity contribution is 0.358. The summed E-state index contributed by atoms with van der Waals surface area (Å²) in [4.78, 5) is 4.11. The molecular formula is C17H15ClN2O3S. The van der Waals surface area contributed by atoms with E-state index in [2.05, 4.69) is 4.98 Å². The lowest BCUT2D eigenvalue weighted by Gasteiger charge is -2.22. The Labute approximate surface area is 145 Å². The van der Waals surface area contributed by atoms with Gasteiger partial charge in [0.1, 0.15) is 10.7 Å². The van der Waals surface area contributed by atoms with Crippen molar-refractivity contribution in [2.75, 3.05) is 0 Å². The number of sulfonamides is 1. The molecule has 2 heterocycles. The summed E-state index contributed by atoms with van der Waals surface area (Å²) >= 11 is 6.10. The van der Waals surface area contributed by atoms with Crippen molar-refractivity contribution in [2.24, 2.45) is 0 Å². The molecule has 3 aromatic rings. The summed E-state index contributed by atoms with van der Waals surface area (Å²) in [5, 5.41) is 0.188. The molecule has 0 atom stereocenters. The Morgan fingerprint density at radius 1 is 1.04 bits per heavy atom. The van der Waals surface area contributed by atoms with Crippen molar-refractivity contribution in [1.82, 2.24) is 9.29 Å². The highest BCUT2D eigenvalue weighted by Gasteiger charge is 2.27. The number of rotatable bonds is 6. The molecule has 0 aliphatic rings. The normalized spacial score (nSPS) is 11.8. The molecule has 0 radical (unpaired) electrons. The van der Waals surface area contributed by atoms with Crippen LogP contribution >= 0.6 is 11.6 Å². The fraction of sp³-hybridized carbons (Fsp3) is 0.118. The predicted molar refractivity (Wildman–Crippen MR) is 90.8 cm³/mol. The third kappa shape index (κ3) is 3.67. The summed E-state index contributed by atoms with van der Waals surface area (Å²) in [6, 6.07) is 13.4. The van der Waals surface area contributed by atoms with Crippen molar-refractivity contribution >= 4 is 21.6 Å². The van der Waals surface area contributed by atoms with Gasteiger partial charge in [0.25, 0.3) is 0 Å². The molecule has 0 saturated heterocycles. The molecule has 0 amide bonds. The van der Waals surface area contributed by atoms with Gasteiger partial charge in [-0.25, -0.2) is 8.42 Å². The number of benzene rings is 1. The molecule has 0 aliphatic heterocycles. The molecule has 0 spiro atoms. The second kappa shape index (κ2) is 7.17. The van der Waals surface area contributed by atoms with Gasteiger partial charge in [-0.2, -0.15) is 4.31 Å². The first kappa shape index (κ1) is 16.7. The zero-order chi connectivity index (χ0) is 17.0. The van der Waals surface area contributed by atoms with Gasteiger partial charge in [-0.15, -0.1) is 0 Å². The van der Waals surface area contributed by atoms with Crippen molar-refractivity contribution in [3.63, 3.8) is 0 Å². The highest BCUT2D eigenvalue weighted by Crippen LogP contribution is 2.26. The van der Waals surface area contributed by atoms with E-state index in [1.807, 2.05) is 6.07 Å². The van der Waals surface area contributed by atoms with Gasteiger partial charge < -0.3 is 4.42 Å². The molecule has 7 heteroatoms. The molecule has 0 fully saturated rings. The van der Waals surface area contributed by atoms with Crippen LogP contribution < -0.4 is 0 Å². The molecule has 3 rings (SSSR count). The monoisotopic (exact) mass is 362 g/mol. The van der Waals surface area contributed by atoms with E-state index in [-0.39, 0.29) is 23.0 Å². The van der Waals surface area contributed by atoms with Crippen LogP contribution in [-0.2, 0) is 23.1 Å². The van der Waals surface area contributed by atoms with Crippen LogP contribution in [0.1, 0.15) is 11.3 Å². The van der Waals surface area contributed by atoms with Crippen LogP contribution in [0.15, 0.2) is 76.5 Å². The van der Waals surface area contributed by atoms with Crippen LogP contribution in [0.5, 0.6) is 0 Å². The van der Waals surface area contributed by atoms with Gasteiger partial charge in [-0.05, 0) is 35.9 Å². The van der Waals surface area contributed by atoms with Crippen LogP contribution in [0, 0.1) is 0 Å². The zero-order valence-electron chi connectivity index (χ0n) is 12.7. The largest absolute Gasteiger partial charge is 0.468 e. The molecule has 0 unspecified atom stereocenters. The molecule has 124 valence electrons. The molecule has 0 N–H and O–H groups in total. The SMILES string of the molecule is O=S(=O)(c1ccccc1Cl)N(Cc1cccnc1)Cc1ccco1. The van der Waals surface area contributed by atoms with Crippen molar-refractivity contribution in [3.8, 4) is 0 Å². The highest BCUT2D eigenvalue weighted by molar-refractivity contribution is 7.89. The Bertz CT molecular complexity index is 897. The molecule has 0 saturated carbocycles. The second-order valence-corrected chi connectivity index (χ2v) is 7.46. The van der Waals surface area contributed by atoms with Crippen LogP contribution in [0.4, 0.5) is 0 Å². The van der Waals surface area contributed by atoms with Gasteiger partial charge in [-0.1, -0.05) is 29.8 Å². The lowest BCUT2D eigenvalue weighted by Crippen LogP contribution is -2.30. The second-order valence-electron chi connectivity index (χ2n) is 5.14. The first-order chi connectivity index (χ1) is 11.6. The van der Waals surface area contributed by atoms with Crippen molar-refractivity contribution < 1.29 is 12.8 Å². The van der Waals surface area contributed by atoms with E-state index in [0.717, 1.165) is 5.56 Å². The first-order valence-corrected chi connectivity index (χ1v) is 9.05. The van der Waals surface area contributed by atoms with Crippen molar-refractivity contribution in [1.29, 1.82) is 0 Å². The fourth-order valence-corrected chi connectivity index (χ4v) is 4.18.